The molecule has 8 heteroatoms. The lowest BCUT2D eigenvalue weighted by Crippen LogP contribution is -2.19. The first-order valence-electron chi connectivity index (χ1n) is 7.99. The lowest BCUT2D eigenvalue weighted by atomic mass is 9.85. The van der Waals surface area contributed by atoms with E-state index in [2.05, 4.69) is 4.98 Å². The molecule has 0 bridgehead atoms. The molecule has 1 N–H and O–H groups in total. The van der Waals surface area contributed by atoms with Gasteiger partial charge in [0.25, 0.3) is 0 Å². The summed E-state index contributed by atoms with van der Waals surface area (Å²) < 4.78 is 24.0. The summed E-state index contributed by atoms with van der Waals surface area (Å²) >= 11 is 0. The predicted molar refractivity (Wildman–Crippen MR) is 90.7 cm³/mol. The van der Waals surface area contributed by atoms with Gasteiger partial charge in [0.1, 0.15) is 5.25 Å². The number of carbonyl (C=O) groups is 2. The second kappa shape index (κ2) is 5.16. The standard InChI is InChI=1S/C18H12N2O5S/c21-17-12-3-4-19-7-14(12)18(22)16-11-2-1-9(5-10(11)6-13(16)17)15-8-25-20-26(15,23)24/h1-5,7,15,20H,6,8H2. The second-order valence-corrected chi connectivity index (χ2v) is 8.28. The predicted octanol–water partition coefficient (Wildman–Crippen LogP) is 1.38. The largest absolute Gasteiger partial charge is 0.289 e. The minimum Gasteiger partial charge on any atom is -0.289 e. The van der Waals surface area contributed by atoms with Gasteiger partial charge >= 0.3 is 0 Å². The second-order valence-electron chi connectivity index (χ2n) is 6.45. The van der Waals surface area contributed by atoms with Crippen molar-refractivity contribution in [2.24, 2.45) is 0 Å². The number of allylic oxidation sites excluding steroid dienone is 2. The molecule has 1 aromatic heterocycles. The zero-order chi connectivity index (χ0) is 18.1. The van der Waals surface area contributed by atoms with Gasteiger partial charge in [-0.2, -0.15) is 0 Å². The summed E-state index contributed by atoms with van der Waals surface area (Å²) in [5.41, 5.74) is 3.58. The number of nitrogens with zero attached hydrogens (tertiary/aromatic N) is 1. The van der Waals surface area contributed by atoms with Gasteiger partial charge in [0, 0.05) is 35.5 Å². The van der Waals surface area contributed by atoms with Crippen LogP contribution < -0.4 is 4.89 Å². The van der Waals surface area contributed by atoms with Crippen molar-refractivity contribution >= 4 is 27.2 Å². The summed E-state index contributed by atoms with van der Waals surface area (Å²) in [6.45, 7) is 0.0171. The lowest BCUT2D eigenvalue weighted by Gasteiger charge is -2.16. The highest BCUT2D eigenvalue weighted by Gasteiger charge is 2.39. The van der Waals surface area contributed by atoms with Crippen molar-refractivity contribution in [1.82, 2.24) is 9.87 Å². The van der Waals surface area contributed by atoms with Crippen molar-refractivity contribution in [3.05, 3.63) is 70.0 Å². The van der Waals surface area contributed by atoms with E-state index in [1.54, 1.807) is 24.3 Å². The highest BCUT2D eigenvalue weighted by atomic mass is 32.2. The minimum atomic E-state index is -3.58. The fourth-order valence-corrected chi connectivity index (χ4v) is 4.88. The molecule has 1 fully saturated rings. The molecular formula is C18H12N2O5S. The van der Waals surface area contributed by atoms with Gasteiger partial charge in [-0.15, -0.1) is 0 Å². The Morgan fingerprint density at radius 1 is 1.08 bits per heavy atom. The van der Waals surface area contributed by atoms with Gasteiger partial charge in [0.05, 0.1) is 12.2 Å². The Balaban J connectivity index is 1.61. The van der Waals surface area contributed by atoms with E-state index in [9.17, 15) is 18.0 Å². The average Bonchev–Trinajstić information content (AvgIpc) is 3.19. The summed E-state index contributed by atoms with van der Waals surface area (Å²) in [4.78, 5) is 36.5. The van der Waals surface area contributed by atoms with Gasteiger partial charge < -0.3 is 0 Å². The van der Waals surface area contributed by atoms with Crippen LogP contribution in [0, 0.1) is 0 Å². The van der Waals surface area contributed by atoms with Gasteiger partial charge in [-0.3, -0.25) is 19.4 Å². The number of carbonyl (C=O) groups excluding carboxylic acids is 2. The quantitative estimate of drug-likeness (QED) is 0.816. The molecule has 1 aliphatic heterocycles. The molecule has 0 amide bonds. The zero-order valence-electron chi connectivity index (χ0n) is 13.4. The summed E-state index contributed by atoms with van der Waals surface area (Å²) in [6, 6.07) is 6.69. The van der Waals surface area contributed by atoms with Crippen LogP contribution in [-0.4, -0.2) is 31.6 Å². The zero-order valence-corrected chi connectivity index (χ0v) is 14.2. The fourth-order valence-electron chi connectivity index (χ4n) is 3.78. The highest BCUT2D eigenvalue weighted by Crippen LogP contribution is 2.42. The molecule has 1 aromatic carbocycles. The average molecular weight is 368 g/mol. The number of sulfonamides is 1. The van der Waals surface area contributed by atoms with E-state index < -0.39 is 15.3 Å². The van der Waals surface area contributed by atoms with Crippen LogP contribution in [0.15, 0.2) is 42.2 Å². The maximum absolute atomic E-state index is 12.9. The third kappa shape index (κ3) is 2.00. The van der Waals surface area contributed by atoms with Crippen LogP contribution >= 0.6 is 0 Å². The Bertz CT molecular complexity index is 1150. The smallest absolute Gasteiger partial charge is 0.242 e. The van der Waals surface area contributed by atoms with Crippen molar-refractivity contribution in [2.75, 3.05) is 6.61 Å². The van der Waals surface area contributed by atoms with Gasteiger partial charge in [-0.25, -0.2) is 8.42 Å². The molecule has 2 aromatic rings. The van der Waals surface area contributed by atoms with Crippen molar-refractivity contribution in [1.29, 1.82) is 0 Å². The Hall–Kier alpha value is -2.68. The van der Waals surface area contributed by atoms with Crippen molar-refractivity contribution in [3.63, 3.8) is 0 Å². The maximum atomic E-state index is 12.9. The molecule has 1 saturated heterocycles. The number of hydrogen-bond donors (Lipinski definition) is 1. The van der Waals surface area contributed by atoms with Gasteiger partial charge in [-0.05, 0) is 22.8 Å². The first-order valence-corrected chi connectivity index (χ1v) is 9.54. The Labute approximate surface area is 148 Å². The molecule has 0 saturated carbocycles. The molecule has 5 rings (SSSR count). The Morgan fingerprint density at radius 3 is 2.69 bits per heavy atom. The SMILES string of the molecule is O=C1C2=C(C(=O)c3cnccc31)c1ccc(C3CONS3(=O)=O)cc1C2. The van der Waals surface area contributed by atoms with Crippen LogP contribution in [0.2, 0.25) is 0 Å². The van der Waals surface area contributed by atoms with Crippen molar-refractivity contribution in [2.45, 2.75) is 11.7 Å². The van der Waals surface area contributed by atoms with E-state index in [1.807, 2.05) is 4.89 Å². The number of pyridine rings is 1. The number of nitrogens with one attached hydrogen (secondary N) is 1. The number of Topliss-reactive ketones (excluding diaryl/α,β-unsaturated/α-hetero) is 2. The third-order valence-corrected chi connectivity index (χ3v) is 6.54. The van der Waals surface area contributed by atoms with E-state index in [-0.39, 0.29) is 18.2 Å². The van der Waals surface area contributed by atoms with E-state index in [1.165, 1.54) is 12.4 Å². The molecule has 1 atom stereocenters. The van der Waals surface area contributed by atoms with E-state index in [4.69, 9.17) is 4.84 Å². The third-order valence-electron chi connectivity index (χ3n) is 5.04. The number of fused-ring (bicyclic) bond motifs is 3. The van der Waals surface area contributed by atoms with Gasteiger partial charge in [-0.1, -0.05) is 23.1 Å². The number of rotatable bonds is 1. The summed E-state index contributed by atoms with van der Waals surface area (Å²) in [5.74, 6) is -0.388. The molecule has 0 spiro atoms. The molecule has 0 radical (unpaired) electrons. The normalized spacial score (nSPS) is 23.0. The molecular weight excluding hydrogens is 356 g/mol. The Kier molecular flexibility index (Phi) is 3.09. The van der Waals surface area contributed by atoms with Gasteiger partial charge in [0.15, 0.2) is 11.6 Å². The maximum Gasteiger partial charge on any atom is 0.242 e. The van der Waals surface area contributed by atoms with Crippen LogP contribution in [0.5, 0.6) is 0 Å². The number of benzene rings is 1. The monoisotopic (exact) mass is 368 g/mol. The van der Waals surface area contributed by atoms with E-state index >= 15 is 0 Å². The fraction of sp³-hybridized carbons (Fsp3) is 0.167. The van der Waals surface area contributed by atoms with Crippen LogP contribution in [0.25, 0.3) is 5.57 Å². The summed E-state index contributed by atoms with van der Waals surface area (Å²) in [7, 11) is -3.58. The topological polar surface area (TPSA) is 102 Å². The molecule has 26 heavy (non-hydrogen) atoms. The van der Waals surface area contributed by atoms with Crippen LogP contribution in [-0.2, 0) is 21.3 Å². The highest BCUT2D eigenvalue weighted by molar-refractivity contribution is 7.89. The van der Waals surface area contributed by atoms with E-state index in [0.717, 1.165) is 5.56 Å². The number of hydrogen-bond acceptors (Lipinski definition) is 6. The molecule has 130 valence electrons. The van der Waals surface area contributed by atoms with Crippen molar-refractivity contribution < 1.29 is 22.8 Å². The van der Waals surface area contributed by atoms with Crippen LogP contribution in [0.4, 0.5) is 0 Å². The minimum absolute atomic E-state index is 0.0171. The number of ketones is 2. The first-order chi connectivity index (χ1) is 12.5. The molecule has 1 unspecified atom stereocenters. The number of aromatic nitrogens is 1. The van der Waals surface area contributed by atoms with Crippen LogP contribution in [0.3, 0.4) is 0 Å². The first kappa shape index (κ1) is 15.6. The molecule has 3 aliphatic rings. The summed E-state index contributed by atoms with van der Waals surface area (Å²) in [5, 5.41) is -0.807. The van der Waals surface area contributed by atoms with Crippen LogP contribution in [0.1, 0.15) is 42.7 Å². The molecule has 7 nitrogen and oxygen atoms in total. The Morgan fingerprint density at radius 2 is 1.92 bits per heavy atom. The summed E-state index contributed by atoms with van der Waals surface area (Å²) in [6.07, 6.45) is 3.22. The molecule has 2 aliphatic carbocycles. The lowest BCUT2D eigenvalue weighted by molar-refractivity contribution is 0.0991. The van der Waals surface area contributed by atoms with Gasteiger partial charge in [0.2, 0.25) is 10.0 Å². The van der Waals surface area contributed by atoms with E-state index in [0.29, 0.717) is 39.8 Å². The van der Waals surface area contributed by atoms with Crippen molar-refractivity contribution in [3.8, 4) is 0 Å². The molecule has 2 heterocycles.